The van der Waals surface area contributed by atoms with Crippen LogP contribution in [-0.4, -0.2) is 11.4 Å². The third kappa shape index (κ3) is 6.14. The summed E-state index contributed by atoms with van der Waals surface area (Å²) < 4.78 is 0. The van der Waals surface area contributed by atoms with E-state index in [-0.39, 0.29) is 11.4 Å². The van der Waals surface area contributed by atoms with Crippen LogP contribution in [0.25, 0.3) is 5.57 Å². The maximum atomic E-state index is 14.0. The second-order valence-corrected chi connectivity index (χ2v) is 11.8. The van der Waals surface area contributed by atoms with Crippen LogP contribution >= 0.6 is 7.92 Å². The zero-order valence-electron chi connectivity index (χ0n) is 20.6. The summed E-state index contributed by atoms with van der Waals surface area (Å²) in [6, 6.07) is 41.5. The molecule has 0 amide bonds. The fourth-order valence-electron chi connectivity index (χ4n) is 4.06. The molecule has 0 N–H and O–H groups in total. The Bertz CT molecular complexity index is 1220. The molecule has 0 saturated heterocycles. The van der Waals surface area contributed by atoms with E-state index in [4.69, 9.17) is 0 Å². The van der Waals surface area contributed by atoms with Gasteiger partial charge >= 0.3 is 0 Å². The summed E-state index contributed by atoms with van der Waals surface area (Å²) in [5.74, 6) is 0.226. The van der Waals surface area contributed by atoms with Gasteiger partial charge in [0.25, 0.3) is 0 Å². The van der Waals surface area contributed by atoms with Crippen molar-refractivity contribution < 1.29 is 4.79 Å². The van der Waals surface area contributed by atoms with Crippen LogP contribution in [0.15, 0.2) is 133 Å². The van der Waals surface area contributed by atoms with Crippen LogP contribution < -0.4 is 10.6 Å². The highest BCUT2D eigenvalue weighted by atomic mass is 31.1. The predicted octanol–water partition coefficient (Wildman–Crippen LogP) is 7.39. The molecule has 0 heterocycles. The quantitative estimate of drug-likeness (QED) is 0.202. The molecule has 4 aromatic rings. The molecule has 35 heavy (non-hydrogen) atoms. The summed E-state index contributed by atoms with van der Waals surface area (Å²) >= 11 is 0. The van der Waals surface area contributed by atoms with E-state index < -0.39 is 13.3 Å². The van der Waals surface area contributed by atoms with Gasteiger partial charge in [0.15, 0.2) is 5.78 Å². The molecule has 0 spiro atoms. The Morgan fingerprint density at radius 1 is 0.657 bits per heavy atom. The van der Waals surface area contributed by atoms with Gasteiger partial charge in [-0.1, -0.05) is 142 Å². The number of allylic oxidation sites excluding steroid dienone is 1. The minimum absolute atomic E-state index is 0.226. The molecule has 4 aromatic carbocycles. The Hall–Kier alpha value is -3.50. The molecule has 0 aromatic heterocycles. The lowest BCUT2D eigenvalue weighted by atomic mass is 9.88. The van der Waals surface area contributed by atoms with Gasteiger partial charge in [-0.2, -0.15) is 0 Å². The van der Waals surface area contributed by atoms with Crippen molar-refractivity contribution >= 4 is 29.9 Å². The van der Waals surface area contributed by atoms with Crippen LogP contribution in [-0.2, 0) is 4.79 Å². The number of benzene rings is 4. The number of carbonyl (C=O) groups is 1. The maximum absolute atomic E-state index is 14.0. The largest absolute Gasteiger partial charge is 0.298 e. The summed E-state index contributed by atoms with van der Waals surface area (Å²) in [5, 5.41) is 2.38. The van der Waals surface area contributed by atoms with Crippen LogP contribution in [0.3, 0.4) is 0 Å². The highest BCUT2D eigenvalue weighted by molar-refractivity contribution is 7.74. The first-order valence-corrected chi connectivity index (χ1v) is 13.4. The van der Waals surface area contributed by atoms with Gasteiger partial charge < -0.3 is 0 Å². The molecular formula is C33H31OP. The zero-order chi connectivity index (χ0) is 24.7. The number of hydrogen-bond donors (Lipinski definition) is 0. The highest BCUT2D eigenvalue weighted by Gasteiger charge is 2.35. The SMILES string of the molecule is CC(C)(C)C(=O)C(C=C=C(c1ccccc1)c1ccccc1)P(c1ccccc1)c1ccccc1. The first kappa shape index (κ1) is 24.6. The molecule has 0 saturated carbocycles. The summed E-state index contributed by atoms with van der Waals surface area (Å²) in [6.45, 7) is 6.04. The molecular weight excluding hydrogens is 443 g/mol. The van der Waals surface area contributed by atoms with E-state index in [0.29, 0.717) is 0 Å². The average molecular weight is 475 g/mol. The molecule has 0 aliphatic carbocycles. The second-order valence-electron chi connectivity index (χ2n) is 9.52. The van der Waals surface area contributed by atoms with Gasteiger partial charge in [0.05, 0.1) is 5.66 Å². The van der Waals surface area contributed by atoms with E-state index in [1.165, 1.54) is 10.6 Å². The Balaban J connectivity index is 1.95. The van der Waals surface area contributed by atoms with Crippen molar-refractivity contribution in [3.8, 4) is 0 Å². The van der Waals surface area contributed by atoms with Gasteiger partial charge in [-0.05, 0) is 35.7 Å². The maximum Gasteiger partial charge on any atom is 0.150 e. The van der Waals surface area contributed by atoms with Crippen molar-refractivity contribution in [3.63, 3.8) is 0 Å². The fraction of sp³-hybridized carbons (Fsp3) is 0.152. The summed E-state index contributed by atoms with van der Waals surface area (Å²) in [7, 11) is -0.967. The third-order valence-electron chi connectivity index (χ3n) is 5.87. The minimum Gasteiger partial charge on any atom is -0.298 e. The average Bonchev–Trinajstić information content (AvgIpc) is 2.89. The normalized spacial score (nSPS) is 12.0. The monoisotopic (exact) mass is 474 g/mol. The zero-order valence-corrected chi connectivity index (χ0v) is 21.5. The summed E-state index contributed by atoms with van der Waals surface area (Å²) in [5.41, 5.74) is 5.99. The van der Waals surface area contributed by atoms with Crippen molar-refractivity contribution in [2.45, 2.75) is 26.4 Å². The van der Waals surface area contributed by atoms with E-state index in [2.05, 4.69) is 78.5 Å². The van der Waals surface area contributed by atoms with E-state index >= 15 is 0 Å². The highest BCUT2D eigenvalue weighted by Crippen LogP contribution is 2.43. The summed E-state index contributed by atoms with van der Waals surface area (Å²) in [4.78, 5) is 14.0. The van der Waals surface area contributed by atoms with E-state index in [1.54, 1.807) is 0 Å². The van der Waals surface area contributed by atoms with Gasteiger partial charge in [0.2, 0.25) is 0 Å². The van der Waals surface area contributed by atoms with Crippen LogP contribution in [0.2, 0.25) is 0 Å². The minimum atomic E-state index is -0.967. The molecule has 1 unspecified atom stereocenters. The van der Waals surface area contributed by atoms with Crippen molar-refractivity contribution in [3.05, 3.63) is 144 Å². The molecule has 0 fully saturated rings. The predicted molar refractivity (Wildman–Crippen MR) is 151 cm³/mol. The molecule has 1 nitrogen and oxygen atoms in total. The molecule has 4 rings (SSSR count). The smallest absolute Gasteiger partial charge is 0.150 e. The number of rotatable bonds is 7. The van der Waals surface area contributed by atoms with Crippen LogP contribution in [0.4, 0.5) is 0 Å². The van der Waals surface area contributed by atoms with Gasteiger partial charge in [-0.15, -0.1) is 5.73 Å². The van der Waals surface area contributed by atoms with Crippen LogP contribution in [0.1, 0.15) is 31.9 Å². The molecule has 2 heteroatoms. The number of Topliss-reactive ketones (excluding diaryl/α,β-unsaturated/α-hetero) is 1. The standard InChI is InChI=1S/C33H31OP/c1-33(2,3)32(34)31(35(28-20-12-6-13-21-28)29-22-14-7-15-23-29)25-24-30(26-16-8-4-9-17-26)27-18-10-5-11-19-27/h4-23,25,31H,1-3H3. The lowest BCUT2D eigenvalue weighted by Crippen LogP contribution is -2.34. The van der Waals surface area contributed by atoms with E-state index in [9.17, 15) is 4.79 Å². The second kappa shape index (κ2) is 11.3. The van der Waals surface area contributed by atoms with Gasteiger partial charge in [-0.3, -0.25) is 4.79 Å². The first-order chi connectivity index (χ1) is 16.9. The lowest BCUT2D eigenvalue weighted by Gasteiger charge is -2.30. The van der Waals surface area contributed by atoms with Gasteiger partial charge in [-0.25, -0.2) is 0 Å². The van der Waals surface area contributed by atoms with Crippen LogP contribution in [0, 0.1) is 5.41 Å². The topological polar surface area (TPSA) is 17.1 Å². The van der Waals surface area contributed by atoms with Crippen LogP contribution in [0.5, 0.6) is 0 Å². The van der Waals surface area contributed by atoms with Crippen molar-refractivity contribution in [1.82, 2.24) is 0 Å². The molecule has 0 bridgehead atoms. The van der Waals surface area contributed by atoms with E-state index in [1.807, 2.05) is 75.4 Å². The van der Waals surface area contributed by atoms with Crippen molar-refractivity contribution in [1.29, 1.82) is 0 Å². The molecule has 1 atom stereocenters. The number of carbonyl (C=O) groups excluding carboxylic acids is 1. The number of hydrogen-bond acceptors (Lipinski definition) is 1. The van der Waals surface area contributed by atoms with Crippen molar-refractivity contribution in [2.75, 3.05) is 0 Å². The Morgan fingerprint density at radius 2 is 1.03 bits per heavy atom. The Morgan fingerprint density at radius 3 is 1.40 bits per heavy atom. The lowest BCUT2D eigenvalue weighted by molar-refractivity contribution is -0.125. The first-order valence-electron chi connectivity index (χ1n) is 12.0. The Labute approximate surface area is 210 Å². The number of ketones is 1. The Kier molecular flexibility index (Phi) is 7.94. The fourth-order valence-corrected chi connectivity index (χ4v) is 6.84. The molecule has 0 aliphatic heterocycles. The van der Waals surface area contributed by atoms with Gasteiger partial charge in [0.1, 0.15) is 0 Å². The third-order valence-corrected chi connectivity index (χ3v) is 8.51. The van der Waals surface area contributed by atoms with Crippen molar-refractivity contribution in [2.24, 2.45) is 5.41 Å². The summed E-state index contributed by atoms with van der Waals surface area (Å²) in [6.07, 6.45) is 2.04. The van der Waals surface area contributed by atoms with E-state index in [0.717, 1.165) is 16.7 Å². The molecule has 174 valence electrons. The molecule has 0 aliphatic rings. The molecule has 0 radical (unpaired) electrons. The van der Waals surface area contributed by atoms with Gasteiger partial charge in [0, 0.05) is 11.0 Å².